The quantitative estimate of drug-likeness (QED) is 0.504. The molecule has 0 aromatic heterocycles. The van der Waals surface area contributed by atoms with Crippen molar-refractivity contribution in [3.05, 3.63) is 0 Å². The number of aliphatic carboxylic acids is 1. The minimum absolute atomic E-state index is 0.0796. The van der Waals surface area contributed by atoms with Crippen LogP contribution in [0.2, 0.25) is 0 Å². The lowest BCUT2D eigenvalue weighted by molar-refractivity contribution is -0.138. The lowest BCUT2D eigenvalue weighted by Gasteiger charge is -2.61. The number of carbonyl (C=O) groups is 2. The Kier molecular flexibility index (Phi) is 6.85. The molecule has 2 N–H and O–H groups in total. The van der Waals surface area contributed by atoms with E-state index in [0.717, 1.165) is 37.0 Å². The number of ether oxygens (including phenoxy) is 1. The van der Waals surface area contributed by atoms with Crippen LogP contribution in [0.15, 0.2) is 0 Å². The van der Waals surface area contributed by atoms with E-state index in [-0.39, 0.29) is 12.2 Å². The SMILES string of the molecule is CCNC(=O)O[C@H]1CC[C@@]2(C)[C@H](CC[C@@H]3[C@@H]2CC[C@]2(C)[C@@H]([C@H](C)CCC(=O)O)CC[C@@H]32)C1. The van der Waals surface area contributed by atoms with Gasteiger partial charge in [-0.3, -0.25) is 4.79 Å². The normalized spacial score (nSPS) is 44.0. The van der Waals surface area contributed by atoms with Gasteiger partial charge in [-0.25, -0.2) is 4.79 Å². The Balaban J connectivity index is 1.43. The van der Waals surface area contributed by atoms with Gasteiger partial charge in [0, 0.05) is 13.0 Å². The molecule has 0 saturated heterocycles. The van der Waals surface area contributed by atoms with Gasteiger partial charge in [0.1, 0.15) is 6.10 Å². The molecular formula is C27H45NO4. The second-order valence-corrected chi connectivity index (χ2v) is 12.1. The van der Waals surface area contributed by atoms with E-state index in [2.05, 4.69) is 26.1 Å². The fourth-order valence-electron chi connectivity index (χ4n) is 9.19. The largest absolute Gasteiger partial charge is 0.481 e. The third kappa shape index (κ3) is 4.18. The van der Waals surface area contributed by atoms with Crippen LogP contribution < -0.4 is 5.32 Å². The molecule has 0 unspecified atom stereocenters. The fourth-order valence-corrected chi connectivity index (χ4v) is 9.19. The maximum atomic E-state index is 11.9. The average Bonchev–Trinajstić information content (AvgIpc) is 3.09. The van der Waals surface area contributed by atoms with E-state index < -0.39 is 5.97 Å². The van der Waals surface area contributed by atoms with E-state index in [4.69, 9.17) is 9.84 Å². The van der Waals surface area contributed by atoms with Gasteiger partial charge in [0.15, 0.2) is 0 Å². The van der Waals surface area contributed by atoms with Crippen LogP contribution in [-0.2, 0) is 9.53 Å². The van der Waals surface area contributed by atoms with E-state index >= 15 is 0 Å². The van der Waals surface area contributed by atoms with Crippen molar-refractivity contribution in [2.75, 3.05) is 6.54 Å². The van der Waals surface area contributed by atoms with Gasteiger partial charge in [0.2, 0.25) is 0 Å². The molecule has 0 radical (unpaired) electrons. The van der Waals surface area contributed by atoms with Crippen molar-refractivity contribution in [1.82, 2.24) is 5.32 Å². The van der Waals surface area contributed by atoms with Gasteiger partial charge in [0.25, 0.3) is 0 Å². The number of hydrogen-bond donors (Lipinski definition) is 2. The molecule has 0 bridgehead atoms. The number of carbonyl (C=O) groups excluding carboxylic acids is 1. The molecule has 4 fully saturated rings. The summed E-state index contributed by atoms with van der Waals surface area (Å²) in [6.45, 7) is 9.96. The molecular weight excluding hydrogens is 402 g/mol. The average molecular weight is 448 g/mol. The fraction of sp³-hybridized carbons (Fsp3) is 0.926. The summed E-state index contributed by atoms with van der Waals surface area (Å²) in [5.74, 6) is 3.64. The molecule has 0 spiro atoms. The molecule has 0 aromatic rings. The van der Waals surface area contributed by atoms with Crippen molar-refractivity contribution >= 4 is 12.1 Å². The molecule has 0 aliphatic heterocycles. The zero-order valence-corrected chi connectivity index (χ0v) is 20.7. The summed E-state index contributed by atoms with van der Waals surface area (Å²) in [7, 11) is 0. The van der Waals surface area contributed by atoms with Gasteiger partial charge >= 0.3 is 12.1 Å². The Labute approximate surface area is 194 Å². The number of alkyl carbamates (subject to hydrolysis) is 1. The molecule has 4 saturated carbocycles. The first-order valence-corrected chi connectivity index (χ1v) is 13.3. The highest BCUT2D eigenvalue weighted by Crippen LogP contribution is 2.68. The van der Waals surface area contributed by atoms with Crippen LogP contribution >= 0.6 is 0 Å². The van der Waals surface area contributed by atoms with Gasteiger partial charge < -0.3 is 15.2 Å². The van der Waals surface area contributed by atoms with Gasteiger partial charge in [-0.15, -0.1) is 0 Å². The summed E-state index contributed by atoms with van der Waals surface area (Å²) < 4.78 is 5.74. The Morgan fingerprint density at radius 3 is 2.47 bits per heavy atom. The van der Waals surface area contributed by atoms with Crippen LogP contribution in [0.3, 0.4) is 0 Å². The standard InChI is InChI=1S/C27H45NO4/c1-5-28-25(31)32-19-12-14-26(3)18(16-19)7-8-20-22-10-9-21(17(2)6-11-24(29)30)27(22,4)15-13-23(20)26/h17-23H,5-16H2,1-4H3,(H,28,31)(H,29,30)/t17-,18-,19+,20+,21-,22+,23+,26+,27-/m1/s1. The molecule has 182 valence electrons. The summed E-state index contributed by atoms with van der Waals surface area (Å²) in [6, 6.07) is 0. The molecule has 4 aliphatic rings. The van der Waals surface area contributed by atoms with Crippen LogP contribution in [0.25, 0.3) is 0 Å². The number of fused-ring (bicyclic) bond motifs is 5. The Morgan fingerprint density at radius 2 is 1.75 bits per heavy atom. The molecule has 32 heavy (non-hydrogen) atoms. The molecule has 5 heteroatoms. The molecule has 4 rings (SSSR count). The van der Waals surface area contributed by atoms with Crippen LogP contribution in [0.4, 0.5) is 4.79 Å². The minimum Gasteiger partial charge on any atom is -0.481 e. The van der Waals surface area contributed by atoms with Crippen molar-refractivity contribution in [1.29, 1.82) is 0 Å². The van der Waals surface area contributed by atoms with E-state index in [9.17, 15) is 9.59 Å². The van der Waals surface area contributed by atoms with Crippen molar-refractivity contribution in [2.45, 2.75) is 104 Å². The van der Waals surface area contributed by atoms with Gasteiger partial charge in [-0.05, 0) is 117 Å². The van der Waals surface area contributed by atoms with Crippen molar-refractivity contribution in [2.24, 2.45) is 46.3 Å². The maximum Gasteiger partial charge on any atom is 0.407 e. The predicted octanol–water partition coefficient (Wildman–Crippen LogP) is 6.26. The zero-order valence-electron chi connectivity index (χ0n) is 20.7. The summed E-state index contributed by atoms with van der Waals surface area (Å²) in [4.78, 5) is 23.1. The number of rotatable bonds is 6. The lowest BCUT2D eigenvalue weighted by atomic mass is 9.44. The Bertz CT molecular complexity index is 710. The number of amides is 1. The van der Waals surface area contributed by atoms with E-state index in [0.29, 0.717) is 41.5 Å². The van der Waals surface area contributed by atoms with Crippen LogP contribution in [-0.4, -0.2) is 29.8 Å². The highest BCUT2D eigenvalue weighted by molar-refractivity contribution is 5.67. The summed E-state index contributed by atoms with van der Waals surface area (Å²) in [5, 5.41) is 11.9. The first-order valence-electron chi connectivity index (χ1n) is 13.3. The summed E-state index contributed by atoms with van der Waals surface area (Å²) in [6.07, 6.45) is 12.0. The van der Waals surface area contributed by atoms with Crippen molar-refractivity contribution in [3.8, 4) is 0 Å². The Hall–Kier alpha value is -1.26. The van der Waals surface area contributed by atoms with Gasteiger partial charge in [0.05, 0.1) is 0 Å². The molecule has 1 amide bonds. The number of nitrogens with one attached hydrogen (secondary N) is 1. The zero-order chi connectivity index (χ0) is 23.1. The van der Waals surface area contributed by atoms with Crippen LogP contribution in [0.1, 0.15) is 98.3 Å². The second kappa shape index (κ2) is 9.18. The topological polar surface area (TPSA) is 75.6 Å². The molecule has 0 aromatic carbocycles. The smallest absolute Gasteiger partial charge is 0.407 e. The number of carboxylic acid groups (broad SMARTS) is 1. The molecule has 4 aliphatic carbocycles. The lowest BCUT2D eigenvalue weighted by Crippen LogP contribution is -2.54. The van der Waals surface area contributed by atoms with Gasteiger partial charge in [-0.2, -0.15) is 0 Å². The maximum absolute atomic E-state index is 11.9. The monoisotopic (exact) mass is 447 g/mol. The molecule has 5 nitrogen and oxygen atoms in total. The first kappa shape index (κ1) is 23.9. The van der Waals surface area contributed by atoms with E-state index in [1.807, 2.05) is 6.92 Å². The van der Waals surface area contributed by atoms with Crippen LogP contribution in [0, 0.1) is 46.3 Å². The highest BCUT2D eigenvalue weighted by atomic mass is 16.6. The van der Waals surface area contributed by atoms with E-state index in [1.165, 1.54) is 44.9 Å². The van der Waals surface area contributed by atoms with Crippen LogP contribution in [0.5, 0.6) is 0 Å². The third-order valence-electron chi connectivity index (χ3n) is 10.8. The summed E-state index contributed by atoms with van der Waals surface area (Å²) in [5.41, 5.74) is 0.777. The third-order valence-corrected chi connectivity index (χ3v) is 10.8. The Morgan fingerprint density at radius 1 is 1.03 bits per heavy atom. The predicted molar refractivity (Wildman–Crippen MR) is 125 cm³/mol. The van der Waals surface area contributed by atoms with E-state index in [1.54, 1.807) is 0 Å². The number of carboxylic acids is 1. The van der Waals surface area contributed by atoms with Crippen molar-refractivity contribution in [3.63, 3.8) is 0 Å². The molecule has 9 atom stereocenters. The highest BCUT2D eigenvalue weighted by Gasteiger charge is 2.60. The summed E-state index contributed by atoms with van der Waals surface area (Å²) >= 11 is 0. The second-order valence-electron chi connectivity index (χ2n) is 12.1. The van der Waals surface area contributed by atoms with Crippen molar-refractivity contribution < 1.29 is 19.4 Å². The first-order chi connectivity index (χ1) is 15.2. The molecule has 0 heterocycles. The minimum atomic E-state index is -0.654. The van der Waals surface area contributed by atoms with Gasteiger partial charge in [-0.1, -0.05) is 20.8 Å². The number of hydrogen-bond acceptors (Lipinski definition) is 3.